The van der Waals surface area contributed by atoms with Crippen LogP contribution in [0.25, 0.3) is 0 Å². The highest BCUT2D eigenvalue weighted by atomic mass is 127. The van der Waals surface area contributed by atoms with Crippen molar-refractivity contribution in [2.75, 3.05) is 0 Å². The molecular formula is C15H25I3. The van der Waals surface area contributed by atoms with E-state index in [1.807, 2.05) is 0 Å². The summed E-state index contributed by atoms with van der Waals surface area (Å²) in [6.45, 7) is 2.46. The summed E-state index contributed by atoms with van der Waals surface area (Å²) in [5, 5.41) is 0. The minimum absolute atomic E-state index is 0.945. The van der Waals surface area contributed by atoms with Gasteiger partial charge in [-0.15, -0.1) is 0 Å². The SMILES string of the molecule is CC1CCCC(CCC2C(I)CCCC2I)C1I. The molecular weight excluding hydrogens is 561 g/mol. The monoisotopic (exact) mass is 586 g/mol. The van der Waals surface area contributed by atoms with Crippen LogP contribution in [0.1, 0.15) is 58.3 Å². The van der Waals surface area contributed by atoms with Gasteiger partial charge in [-0.05, 0) is 56.3 Å². The summed E-state index contributed by atoms with van der Waals surface area (Å²) in [6.07, 6.45) is 11.9. The second-order valence-electron chi connectivity index (χ2n) is 6.32. The van der Waals surface area contributed by atoms with Gasteiger partial charge in [0.15, 0.2) is 0 Å². The molecule has 2 aliphatic carbocycles. The van der Waals surface area contributed by atoms with Gasteiger partial charge in [0.05, 0.1) is 0 Å². The van der Waals surface area contributed by atoms with Crippen LogP contribution < -0.4 is 0 Å². The Labute approximate surface area is 154 Å². The van der Waals surface area contributed by atoms with Gasteiger partial charge in [-0.1, -0.05) is 87.5 Å². The molecule has 0 amide bonds. The first-order valence-corrected chi connectivity index (χ1v) is 11.3. The summed E-state index contributed by atoms with van der Waals surface area (Å²) in [4.78, 5) is 0. The highest BCUT2D eigenvalue weighted by Crippen LogP contribution is 2.42. The summed E-state index contributed by atoms with van der Waals surface area (Å²) >= 11 is 8.21. The third-order valence-corrected chi connectivity index (χ3v) is 10.3. The normalized spacial score (nSPS) is 46.0. The Hall–Kier alpha value is 2.19. The van der Waals surface area contributed by atoms with Crippen LogP contribution in [0.15, 0.2) is 0 Å². The summed E-state index contributed by atoms with van der Waals surface area (Å²) < 4.78 is 2.85. The molecule has 2 rings (SSSR count). The first-order valence-electron chi connectivity index (χ1n) is 7.51. The van der Waals surface area contributed by atoms with Crippen molar-refractivity contribution < 1.29 is 0 Å². The lowest BCUT2D eigenvalue weighted by Gasteiger charge is -2.36. The van der Waals surface area contributed by atoms with Gasteiger partial charge in [0, 0.05) is 11.8 Å². The van der Waals surface area contributed by atoms with Gasteiger partial charge in [0.2, 0.25) is 0 Å². The average molecular weight is 586 g/mol. The Balaban J connectivity index is 1.82. The zero-order valence-corrected chi connectivity index (χ0v) is 17.7. The van der Waals surface area contributed by atoms with Crippen molar-refractivity contribution in [1.82, 2.24) is 0 Å². The van der Waals surface area contributed by atoms with Crippen molar-refractivity contribution in [1.29, 1.82) is 0 Å². The van der Waals surface area contributed by atoms with Crippen LogP contribution in [0.5, 0.6) is 0 Å². The quantitative estimate of drug-likeness (QED) is 0.265. The molecule has 0 bridgehead atoms. The molecule has 0 nitrogen and oxygen atoms in total. The van der Waals surface area contributed by atoms with E-state index >= 15 is 0 Å². The molecule has 5 unspecified atom stereocenters. The number of hydrogen-bond donors (Lipinski definition) is 0. The topological polar surface area (TPSA) is 0 Å². The Morgan fingerprint density at radius 2 is 1.44 bits per heavy atom. The molecule has 0 aromatic heterocycles. The van der Waals surface area contributed by atoms with E-state index in [9.17, 15) is 0 Å². The Kier molecular flexibility index (Phi) is 7.35. The maximum atomic E-state index is 2.75. The summed E-state index contributed by atoms with van der Waals surface area (Å²) in [6, 6.07) is 0. The Morgan fingerprint density at radius 1 is 0.833 bits per heavy atom. The number of alkyl halides is 3. The maximum Gasteiger partial charge on any atom is 0.0163 e. The van der Waals surface area contributed by atoms with E-state index in [-0.39, 0.29) is 0 Å². The van der Waals surface area contributed by atoms with E-state index < -0.39 is 0 Å². The zero-order chi connectivity index (χ0) is 13.1. The second kappa shape index (κ2) is 7.99. The predicted octanol–water partition coefficient (Wildman–Crippen LogP) is 6.41. The molecule has 0 radical (unpaired) electrons. The van der Waals surface area contributed by atoms with E-state index in [0.29, 0.717) is 0 Å². The van der Waals surface area contributed by atoms with Crippen molar-refractivity contribution in [3.63, 3.8) is 0 Å². The van der Waals surface area contributed by atoms with Crippen LogP contribution in [0.3, 0.4) is 0 Å². The van der Waals surface area contributed by atoms with Crippen molar-refractivity contribution in [3.8, 4) is 0 Å². The van der Waals surface area contributed by atoms with Crippen molar-refractivity contribution in [2.24, 2.45) is 17.8 Å². The van der Waals surface area contributed by atoms with E-state index in [0.717, 1.165) is 29.5 Å². The molecule has 0 spiro atoms. The molecule has 0 saturated heterocycles. The molecule has 18 heavy (non-hydrogen) atoms. The van der Waals surface area contributed by atoms with Gasteiger partial charge in [0.1, 0.15) is 0 Å². The Morgan fingerprint density at radius 3 is 2.11 bits per heavy atom. The van der Waals surface area contributed by atoms with E-state index in [2.05, 4.69) is 74.7 Å². The average Bonchev–Trinajstić information content (AvgIpc) is 2.33. The molecule has 0 aromatic carbocycles. The van der Waals surface area contributed by atoms with Gasteiger partial charge in [-0.3, -0.25) is 0 Å². The van der Waals surface area contributed by atoms with Gasteiger partial charge in [0.25, 0.3) is 0 Å². The molecule has 2 fully saturated rings. The smallest absolute Gasteiger partial charge is 0.0163 e. The van der Waals surface area contributed by atoms with Crippen LogP contribution >= 0.6 is 67.8 Å². The first kappa shape index (κ1) is 16.6. The van der Waals surface area contributed by atoms with Gasteiger partial charge in [-0.25, -0.2) is 0 Å². The molecule has 2 aliphatic rings. The highest BCUT2D eigenvalue weighted by molar-refractivity contribution is 14.1. The van der Waals surface area contributed by atoms with Crippen LogP contribution in [0, 0.1) is 17.8 Å². The minimum Gasteiger partial charge on any atom is -0.0823 e. The number of halogens is 3. The second-order valence-corrected chi connectivity index (χ2v) is 11.0. The minimum atomic E-state index is 0.945. The van der Waals surface area contributed by atoms with Gasteiger partial charge in [-0.2, -0.15) is 0 Å². The molecule has 5 atom stereocenters. The first-order chi connectivity index (χ1) is 8.59. The summed E-state index contributed by atoms with van der Waals surface area (Å²) in [5.41, 5.74) is 0. The molecule has 0 N–H and O–H groups in total. The summed E-state index contributed by atoms with van der Waals surface area (Å²) in [7, 11) is 0. The molecule has 0 heterocycles. The molecule has 0 aromatic rings. The molecule has 3 heteroatoms. The van der Waals surface area contributed by atoms with Crippen LogP contribution in [0.4, 0.5) is 0 Å². The van der Waals surface area contributed by atoms with Gasteiger partial charge < -0.3 is 0 Å². The largest absolute Gasteiger partial charge is 0.0823 e. The van der Waals surface area contributed by atoms with Crippen LogP contribution in [0.2, 0.25) is 0 Å². The fourth-order valence-corrected chi connectivity index (χ4v) is 8.20. The van der Waals surface area contributed by atoms with E-state index in [1.54, 1.807) is 0 Å². The molecule has 106 valence electrons. The third kappa shape index (κ3) is 4.34. The fourth-order valence-electron chi connectivity index (χ4n) is 3.72. The van der Waals surface area contributed by atoms with Crippen LogP contribution in [-0.4, -0.2) is 11.8 Å². The van der Waals surface area contributed by atoms with Gasteiger partial charge >= 0.3 is 0 Å². The maximum absolute atomic E-state index is 2.75. The number of rotatable bonds is 3. The lowest BCUT2D eigenvalue weighted by Crippen LogP contribution is -2.31. The molecule has 2 saturated carbocycles. The third-order valence-electron chi connectivity index (χ3n) is 4.99. The zero-order valence-electron chi connectivity index (χ0n) is 11.3. The van der Waals surface area contributed by atoms with Crippen molar-refractivity contribution >= 4 is 67.8 Å². The summed E-state index contributed by atoms with van der Waals surface area (Å²) in [5.74, 6) is 2.98. The lowest BCUT2D eigenvalue weighted by atomic mass is 9.77. The molecule has 0 aliphatic heterocycles. The predicted molar refractivity (Wildman–Crippen MR) is 107 cm³/mol. The number of hydrogen-bond acceptors (Lipinski definition) is 0. The fraction of sp³-hybridized carbons (Fsp3) is 1.00. The van der Waals surface area contributed by atoms with E-state index in [1.165, 1.54) is 51.4 Å². The van der Waals surface area contributed by atoms with Crippen LogP contribution in [-0.2, 0) is 0 Å². The highest BCUT2D eigenvalue weighted by Gasteiger charge is 2.33. The lowest BCUT2D eigenvalue weighted by molar-refractivity contribution is 0.264. The Bertz CT molecular complexity index is 246. The standard InChI is InChI=1S/C15H25I3/c1-10-4-2-5-11(15(10)18)8-9-12-13(16)6-3-7-14(12)17/h10-15H,2-9H2,1H3. The van der Waals surface area contributed by atoms with E-state index in [4.69, 9.17) is 0 Å². The van der Waals surface area contributed by atoms with Crippen molar-refractivity contribution in [3.05, 3.63) is 0 Å². The van der Waals surface area contributed by atoms with Crippen molar-refractivity contribution in [2.45, 2.75) is 70.1 Å².